The number of rotatable bonds is 8. The van der Waals surface area contributed by atoms with E-state index in [1.54, 1.807) is 24.3 Å². The molecule has 1 aliphatic heterocycles. The van der Waals surface area contributed by atoms with E-state index in [0.29, 0.717) is 24.1 Å². The van der Waals surface area contributed by atoms with Gasteiger partial charge < -0.3 is 10.6 Å². The normalized spacial score (nSPS) is 15.7. The number of benzene rings is 1. The zero-order valence-corrected chi connectivity index (χ0v) is 15.4. The number of imide groups is 1. The molecule has 140 valence electrons. The van der Waals surface area contributed by atoms with Gasteiger partial charge in [0.05, 0.1) is 0 Å². The summed E-state index contributed by atoms with van der Waals surface area (Å²) in [6, 6.07) is 5.91. The van der Waals surface area contributed by atoms with Crippen LogP contribution in [0.15, 0.2) is 24.3 Å². The number of nitrogens with one attached hydrogen (secondary N) is 2. The maximum atomic E-state index is 12.8. The van der Waals surface area contributed by atoms with Crippen molar-refractivity contribution < 1.29 is 19.2 Å². The first kappa shape index (κ1) is 19.6. The topological polar surface area (TPSA) is 95.6 Å². The minimum atomic E-state index is -0.899. The molecular weight excluding hydrogens is 334 g/mol. The van der Waals surface area contributed by atoms with Gasteiger partial charge in [-0.15, -0.1) is 0 Å². The van der Waals surface area contributed by atoms with E-state index in [-0.39, 0.29) is 18.2 Å². The van der Waals surface area contributed by atoms with Crippen LogP contribution in [-0.4, -0.2) is 40.6 Å². The van der Waals surface area contributed by atoms with E-state index < -0.39 is 17.5 Å². The molecule has 0 atom stereocenters. The van der Waals surface area contributed by atoms with Gasteiger partial charge in [0.25, 0.3) is 5.91 Å². The first-order valence-electron chi connectivity index (χ1n) is 8.88. The van der Waals surface area contributed by atoms with E-state index in [1.165, 1.54) is 6.92 Å². The lowest BCUT2D eigenvalue weighted by Gasteiger charge is -2.25. The van der Waals surface area contributed by atoms with Crippen molar-refractivity contribution in [3.05, 3.63) is 29.8 Å². The maximum absolute atomic E-state index is 12.8. The fraction of sp³-hybridized carbons (Fsp3) is 0.474. The smallest absolute Gasteiger partial charge is 0.325 e. The molecular formula is C19H25N3O4. The van der Waals surface area contributed by atoms with Crippen molar-refractivity contribution in [1.29, 1.82) is 0 Å². The Balaban J connectivity index is 2.05. The number of carbonyl (C=O) groups excluding carboxylic acids is 4. The molecule has 1 aromatic carbocycles. The van der Waals surface area contributed by atoms with Gasteiger partial charge in [0, 0.05) is 11.3 Å². The summed E-state index contributed by atoms with van der Waals surface area (Å²) >= 11 is 0. The fourth-order valence-electron chi connectivity index (χ4n) is 3.27. The highest BCUT2D eigenvalue weighted by Crippen LogP contribution is 2.28. The first-order valence-corrected chi connectivity index (χ1v) is 8.88. The van der Waals surface area contributed by atoms with E-state index in [2.05, 4.69) is 10.6 Å². The minimum absolute atomic E-state index is 0.0644. The highest BCUT2D eigenvalue weighted by atomic mass is 16.2. The van der Waals surface area contributed by atoms with Crippen LogP contribution < -0.4 is 10.6 Å². The number of carbonyl (C=O) groups is 4. The van der Waals surface area contributed by atoms with Gasteiger partial charge in [0.15, 0.2) is 5.78 Å². The molecule has 0 spiro atoms. The monoisotopic (exact) mass is 359 g/mol. The summed E-state index contributed by atoms with van der Waals surface area (Å²) in [6.45, 7) is 5.03. The molecule has 2 N–H and O–H groups in total. The van der Waals surface area contributed by atoms with Crippen molar-refractivity contribution in [2.75, 3.05) is 11.9 Å². The lowest BCUT2D eigenvalue weighted by Crippen LogP contribution is -2.47. The molecule has 1 heterocycles. The van der Waals surface area contributed by atoms with Crippen LogP contribution in [0.25, 0.3) is 0 Å². The Morgan fingerprint density at radius 1 is 1.08 bits per heavy atom. The fourth-order valence-corrected chi connectivity index (χ4v) is 3.27. The summed E-state index contributed by atoms with van der Waals surface area (Å²) in [4.78, 5) is 49.5. The van der Waals surface area contributed by atoms with Gasteiger partial charge >= 0.3 is 6.03 Å². The lowest BCUT2D eigenvalue weighted by molar-refractivity contribution is -0.134. The third-order valence-corrected chi connectivity index (χ3v) is 4.48. The molecule has 0 radical (unpaired) electrons. The molecule has 2 rings (SSSR count). The second-order valence-corrected chi connectivity index (χ2v) is 6.59. The van der Waals surface area contributed by atoms with E-state index >= 15 is 0 Å². The molecule has 7 heteroatoms. The molecule has 0 bridgehead atoms. The maximum Gasteiger partial charge on any atom is 0.325 e. The summed E-state index contributed by atoms with van der Waals surface area (Å²) in [5, 5.41) is 5.42. The predicted molar refractivity (Wildman–Crippen MR) is 97.9 cm³/mol. The van der Waals surface area contributed by atoms with Gasteiger partial charge in [-0.25, -0.2) is 4.79 Å². The largest absolute Gasteiger partial charge is 0.325 e. The third-order valence-electron chi connectivity index (χ3n) is 4.48. The Labute approximate surface area is 153 Å². The zero-order valence-electron chi connectivity index (χ0n) is 15.4. The van der Waals surface area contributed by atoms with Crippen LogP contribution in [0.5, 0.6) is 0 Å². The number of ketones is 1. The molecule has 7 nitrogen and oxygen atoms in total. The first-order chi connectivity index (χ1) is 12.3. The summed E-state index contributed by atoms with van der Waals surface area (Å²) in [5.41, 5.74) is 0.144. The summed E-state index contributed by atoms with van der Waals surface area (Å²) < 4.78 is 0. The highest BCUT2D eigenvalue weighted by Gasteiger charge is 2.50. The standard InChI is InChI=1S/C19H25N3O4/c1-4-10-19(11-5-2)17(25)22(18(26)21-19)12-16(24)20-15-8-6-14(7-9-15)13(3)23/h6-9H,4-5,10-12H2,1-3H3,(H,20,24)(H,21,26). The summed E-state index contributed by atoms with van der Waals surface area (Å²) in [7, 11) is 0. The number of Topliss-reactive ketones (excluding diaryl/α,β-unsaturated/α-hetero) is 1. The van der Waals surface area contributed by atoms with E-state index in [9.17, 15) is 19.2 Å². The van der Waals surface area contributed by atoms with Crippen LogP contribution in [0.4, 0.5) is 10.5 Å². The van der Waals surface area contributed by atoms with Gasteiger partial charge in [-0.05, 0) is 44.0 Å². The number of nitrogens with zero attached hydrogens (tertiary/aromatic N) is 1. The van der Waals surface area contributed by atoms with Gasteiger partial charge in [-0.2, -0.15) is 0 Å². The molecule has 26 heavy (non-hydrogen) atoms. The van der Waals surface area contributed by atoms with Gasteiger partial charge in [-0.1, -0.05) is 26.7 Å². The van der Waals surface area contributed by atoms with Crippen LogP contribution in [0.3, 0.4) is 0 Å². The second-order valence-electron chi connectivity index (χ2n) is 6.59. The van der Waals surface area contributed by atoms with Crippen molar-refractivity contribution in [3.63, 3.8) is 0 Å². The molecule has 1 fully saturated rings. The highest BCUT2D eigenvalue weighted by molar-refractivity contribution is 6.10. The number of anilines is 1. The van der Waals surface area contributed by atoms with Gasteiger partial charge in [0.2, 0.25) is 5.91 Å². The number of hydrogen-bond donors (Lipinski definition) is 2. The molecule has 0 aliphatic carbocycles. The van der Waals surface area contributed by atoms with Crippen LogP contribution in [0.1, 0.15) is 56.8 Å². The van der Waals surface area contributed by atoms with Gasteiger partial charge in [-0.3, -0.25) is 19.3 Å². The van der Waals surface area contributed by atoms with Crippen molar-refractivity contribution in [3.8, 4) is 0 Å². The minimum Gasteiger partial charge on any atom is -0.325 e. The molecule has 0 unspecified atom stereocenters. The number of hydrogen-bond acceptors (Lipinski definition) is 4. The average Bonchev–Trinajstić information content (AvgIpc) is 2.80. The van der Waals surface area contributed by atoms with Crippen LogP contribution in [-0.2, 0) is 9.59 Å². The van der Waals surface area contributed by atoms with Gasteiger partial charge in [0.1, 0.15) is 12.1 Å². The van der Waals surface area contributed by atoms with Crippen molar-refractivity contribution in [2.24, 2.45) is 0 Å². The zero-order chi connectivity index (χ0) is 19.3. The average molecular weight is 359 g/mol. The van der Waals surface area contributed by atoms with Crippen LogP contribution in [0.2, 0.25) is 0 Å². The lowest BCUT2D eigenvalue weighted by atomic mass is 9.88. The summed E-state index contributed by atoms with van der Waals surface area (Å²) in [5.74, 6) is -0.869. The third kappa shape index (κ3) is 4.09. The Bertz CT molecular complexity index is 706. The Hall–Kier alpha value is -2.70. The number of urea groups is 1. The molecule has 0 saturated carbocycles. The Morgan fingerprint density at radius 2 is 1.65 bits per heavy atom. The van der Waals surface area contributed by atoms with E-state index in [0.717, 1.165) is 17.7 Å². The number of amides is 4. The Kier molecular flexibility index (Phi) is 6.13. The predicted octanol–water partition coefficient (Wildman–Crippen LogP) is 2.72. The molecule has 4 amide bonds. The van der Waals surface area contributed by atoms with Crippen LogP contribution >= 0.6 is 0 Å². The van der Waals surface area contributed by atoms with E-state index in [1.807, 2.05) is 13.8 Å². The molecule has 1 aliphatic rings. The quantitative estimate of drug-likeness (QED) is 0.551. The second kappa shape index (κ2) is 8.12. The Morgan fingerprint density at radius 3 is 2.15 bits per heavy atom. The molecule has 1 saturated heterocycles. The van der Waals surface area contributed by atoms with Crippen LogP contribution in [0, 0.1) is 0 Å². The SMILES string of the molecule is CCCC1(CCC)NC(=O)N(CC(=O)Nc2ccc(C(C)=O)cc2)C1=O. The molecule has 0 aromatic heterocycles. The van der Waals surface area contributed by atoms with E-state index in [4.69, 9.17) is 0 Å². The van der Waals surface area contributed by atoms with Crippen molar-refractivity contribution in [1.82, 2.24) is 10.2 Å². The molecule has 1 aromatic rings. The summed E-state index contributed by atoms with van der Waals surface area (Å²) in [6.07, 6.45) is 2.62. The van der Waals surface area contributed by atoms with Crippen molar-refractivity contribution in [2.45, 2.75) is 52.0 Å². The van der Waals surface area contributed by atoms with Crippen molar-refractivity contribution >= 4 is 29.3 Å².